The third kappa shape index (κ3) is 4.43. The molecule has 2 aromatic rings. The third-order valence-corrected chi connectivity index (χ3v) is 7.48. The summed E-state index contributed by atoms with van der Waals surface area (Å²) >= 11 is 1.48. The molecule has 2 aromatic carbocycles. The first-order valence-electron chi connectivity index (χ1n) is 11.8. The van der Waals surface area contributed by atoms with Crippen molar-refractivity contribution in [3.05, 3.63) is 76.8 Å². The Balaban J connectivity index is 1.47. The van der Waals surface area contributed by atoms with Crippen molar-refractivity contribution in [2.75, 3.05) is 6.61 Å². The number of β-lactam (4-membered cyclic amide) rings is 1. The number of ether oxygens (including phenoxy) is 2. The molecule has 3 aliphatic rings. The van der Waals surface area contributed by atoms with E-state index in [0.29, 0.717) is 12.8 Å². The number of nitrogens with zero attached hydrogens (tertiary/aromatic N) is 2. The van der Waals surface area contributed by atoms with Crippen molar-refractivity contribution in [2.45, 2.75) is 62.2 Å². The lowest BCUT2D eigenvalue weighted by molar-refractivity contribution is -0.165. The van der Waals surface area contributed by atoms with Gasteiger partial charge in [-0.05, 0) is 51.3 Å². The maximum Gasteiger partial charge on any atom is 0.411 e. The van der Waals surface area contributed by atoms with Gasteiger partial charge in [0.15, 0.2) is 0 Å². The van der Waals surface area contributed by atoms with Crippen LogP contribution in [0.25, 0.3) is 0 Å². The zero-order valence-corrected chi connectivity index (χ0v) is 20.8. The monoisotopic (exact) mass is 492 g/mol. The highest BCUT2D eigenvalue weighted by Crippen LogP contribution is 2.47. The Bertz CT molecular complexity index is 1180. The fourth-order valence-electron chi connectivity index (χ4n) is 4.87. The van der Waals surface area contributed by atoms with Gasteiger partial charge >= 0.3 is 12.1 Å². The number of fused-ring (bicyclic) bond motifs is 1. The molecule has 0 aliphatic carbocycles. The molecule has 0 bridgehead atoms. The van der Waals surface area contributed by atoms with E-state index in [0.717, 1.165) is 15.4 Å². The Morgan fingerprint density at radius 1 is 1.03 bits per heavy atom. The van der Waals surface area contributed by atoms with Crippen LogP contribution in [0.1, 0.15) is 45.2 Å². The Morgan fingerprint density at radius 3 is 2.34 bits per heavy atom. The second kappa shape index (κ2) is 9.07. The number of hydrogen-bond donors (Lipinski definition) is 0. The summed E-state index contributed by atoms with van der Waals surface area (Å²) in [7, 11) is 0. The number of carbonyl (C=O) groups excluding carboxylic acids is 3. The predicted molar refractivity (Wildman–Crippen MR) is 131 cm³/mol. The van der Waals surface area contributed by atoms with Crippen molar-refractivity contribution in [1.82, 2.24) is 9.80 Å². The van der Waals surface area contributed by atoms with E-state index in [2.05, 4.69) is 0 Å². The van der Waals surface area contributed by atoms with Crippen LogP contribution in [-0.2, 0) is 19.1 Å². The highest BCUT2D eigenvalue weighted by atomic mass is 32.2. The Morgan fingerprint density at radius 2 is 1.69 bits per heavy atom. The van der Waals surface area contributed by atoms with Crippen LogP contribution in [0.4, 0.5) is 4.79 Å². The van der Waals surface area contributed by atoms with E-state index in [4.69, 9.17) is 9.47 Å². The highest BCUT2D eigenvalue weighted by Gasteiger charge is 2.59. The molecule has 5 rings (SSSR count). The average molecular weight is 493 g/mol. The molecule has 0 spiro atoms. The van der Waals surface area contributed by atoms with Crippen LogP contribution in [0.5, 0.6) is 0 Å². The summed E-state index contributed by atoms with van der Waals surface area (Å²) in [6.07, 6.45) is 0.755. The van der Waals surface area contributed by atoms with Crippen LogP contribution >= 0.6 is 11.8 Å². The van der Waals surface area contributed by atoms with Gasteiger partial charge in [-0.1, -0.05) is 60.3 Å². The minimum atomic E-state index is -0.704. The molecule has 0 radical (unpaired) electrons. The van der Waals surface area contributed by atoms with Crippen molar-refractivity contribution >= 4 is 29.7 Å². The Kier molecular flexibility index (Phi) is 6.09. The number of cyclic esters (lactones) is 1. The van der Waals surface area contributed by atoms with Gasteiger partial charge in [-0.15, -0.1) is 0 Å². The summed E-state index contributed by atoms with van der Waals surface area (Å²) in [6.45, 7) is 5.62. The van der Waals surface area contributed by atoms with Crippen molar-refractivity contribution in [3.8, 4) is 0 Å². The summed E-state index contributed by atoms with van der Waals surface area (Å²) < 4.78 is 11.1. The van der Waals surface area contributed by atoms with Crippen molar-refractivity contribution in [2.24, 2.45) is 0 Å². The van der Waals surface area contributed by atoms with Crippen LogP contribution in [0.2, 0.25) is 0 Å². The number of benzene rings is 2. The Hall–Kier alpha value is -3.26. The molecule has 3 aliphatic heterocycles. The van der Waals surface area contributed by atoms with Crippen molar-refractivity contribution in [3.63, 3.8) is 0 Å². The molecule has 2 amide bonds. The van der Waals surface area contributed by atoms with E-state index >= 15 is 0 Å². The van der Waals surface area contributed by atoms with Gasteiger partial charge in [0, 0.05) is 9.80 Å². The van der Waals surface area contributed by atoms with Gasteiger partial charge in [0.2, 0.25) is 0 Å². The number of allylic oxidation sites excluding steroid dienone is 1. The van der Waals surface area contributed by atoms with Gasteiger partial charge in [-0.3, -0.25) is 14.6 Å². The van der Waals surface area contributed by atoms with Gasteiger partial charge in [0.05, 0.1) is 12.1 Å². The van der Waals surface area contributed by atoms with E-state index < -0.39 is 23.7 Å². The topological polar surface area (TPSA) is 76.1 Å². The summed E-state index contributed by atoms with van der Waals surface area (Å²) in [6, 6.07) is 18.0. The number of carbonyl (C=O) groups is 3. The number of rotatable bonds is 5. The first kappa shape index (κ1) is 23.5. The predicted octanol–water partition coefficient (Wildman–Crippen LogP) is 4.90. The molecular weight excluding hydrogens is 464 g/mol. The quantitative estimate of drug-likeness (QED) is 0.437. The Labute approximate surface area is 209 Å². The van der Waals surface area contributed by atoms with Gasteiger partial charge in [-0.2, -0.15) is 0 Å². The maximum absolute atomic E-state index is 13.6. The lowest BCUT2D eigenvalue weighted by atomic mass is 9.84. The standard InChI is InChI=1S/C27H28N2O5S/c1-27(2,3)34-25(31)23-21(35-18-12-8-5-9-13-18)15-14-19-22(24(30)28(19)23)29-20(16-33-26(29)32)17-10-6-4-7-11-17/h4-13,19-20,22H,14-16H2,1-3H3. The van der Waals surface area contributed by atoms with Crippen LogP contribution < -0.4 is 0 Å². The molecule has 8 heteroatoms. The molecule has 0 saturated carbocycles. The highest BCUT2D eigenvalue weighted by molar-refractivity contribution is 8.03. The number of thioether (sulfide) groups is 1. The lowest BCUT2D eigenvalue weighted by Crippen LogP contribution is -2.72. The summed E-state index contributed by atoms with van der Waals surface area (Å²) in [5.41, 5.74) is 0.503. The van der Waals surface area contributed by atoms with Crippen LogP contribution in [0.3, 0.4) is 0 Å². The average Bonchev–Trinajstić information content (AvgIpc) is 3.19. The minimum absolute atomic E-state index is 0.198. The molecule has 3 unspecified atom stereocenters. The van der Waals surface area contributed by atoms with E-state index in [1.165, 1.54) is 11.8 Å². The summed E-state index contributed by atoms with van der Waals surface area (Å²) in [5.74, 6) is -0.794. The minimum Gasteiger partial charge on any atom is -0.455 e. The zero-order chi connectivity index (χ0) is 24.7. The van der Waals surface area contributed by atoms with Crippen LogP contribution in [0.15, 0.2) is 76.2 Å². The molecule has 3 heterocycles. The molecule has 0 aromatic heterocycles. The summed E-state index contributed by atoms with van der Waals surface area (Å²) in [4.78, 5) is 44.6. The lowest BCUT2D eigenvalue weighted by Gasteiger charge is -2.53. The smallest absolute Gasteiger partial charge is 0.411 e. The first-order chi connectivity index (χ1) is 16.7. The van der Waals surface area contributed by atoms with Crippen LogP contribution in [0, 0.1) is 0 Å². The van der Waals surface area contributed by atoms with Gasteiger partial charge in [0.25, 0.3) is 5.91 Å². The largest absolute Gasteiger partial charge is 0.455 e. The van der Waals surface area contributed by atoms with Crippen molar-refractivity contribution < 1.29 is 23.9 Å². The van der Waals surface area contributed by atoms with Crippen LogP contribution in [-0.4, -0.2) is 52.1 Å². The molecule has 182 valence electrons. The first-order valence-corrected chi connectivity index (χ1v) is 12.6. The zero-order valence-electron chi connectivity index (χ0n) is 20.0. The fraction of sp³-hybridized carbons (Fsp3) is 0.370. The fourth-order valence-corrected chi connectivity index (χ4v) is 5.95. The number of hydrogen-bond acceptors (Lipinski definition) is 6. The van der Waals surface area contributed by atoms with Crippen molar-refractivity contribution in [1.29, 1.82) is 0 Å². The second-order valence-corrected chi connectivity index (χ2v) is 11.0. The SMILES string of the molecule is CC(C)(C)OC(=O)C1=C(Sc2ccccc2)CCC2C(N3C(=O)OCC3c3ccccc3)C(=O)N12. The molecule has 2 saturated heterocycles. The van der Waals surface area contributed by atoms with E-state index in [9.17, 15) is 14.4 Å². The molecule has 35 heavy (non-hydrogen) atoms. The molecule has 2 fully saturated rings. The molecule has 7 nitrogen and oxygen atoms in total. The van der Waals surface area contributed by atoms with E-state index in [1.54, 1.807) is 30.6 Å². The number of esters is 1. The van der Waals surface area contributed by atoms with Gasteiger partial charge in [-0.25, -0.2) is 9.59 Å². The molecular formula is C27H28N2O5S. The van der Waals surface area contributed by atoms with E-state index in [1.807, 2.05) is 60.7 Å². The third-order valence-electron chi connectivity index (χ3n) is 6.33. The van der Waals surface area contributed by atoms with Gasteiger partial charge < -0.3 is 9.47 Å². The van der Waals surface area contributed by atoms with E-state index in [-0.39, 0.29) is 30.3 Å². The molecule has 3 atom stereocenters. The normalized spacial score (nSPS) is 24.1. The summed E-state index contributed by atoms with van der Waals surface area (Å²) in [5, 5.41) is 0. The maximum atomic E-state index is 13.6. The van der Waals surface area contributed by atoms with Gasteiger partial charge in [0.1, 0.15) is 23.9 Å². The number of amides is 2. The second-order valence-electron chi connectivity index (χ2n) is 9.86. The molecule has 0 N–H and O–H groups in total.